The number of aromatic nitrogens is 2. The van der Waals surface area contributed by atoms with Crippen molar-refractivity contribution < 1.29 is 17.3 Å². The van der Waals surface area contributed by atoms with Crippen molar-refractivity contribution in [1.29, 1.82) is 0 Å². The number of rotatable bonds is 9. The molecule has 0 bridgehead atoms. The predicted octanol–water partition coefficient (Wildman–Crippen LogP) is 2.84. The fraction of sp³-hybridized carbons (Fsp3) is 0.304. The van der Waals surface area contributed by atoms with E-state index >= 15 is 0 Å². The maximum atomic E-state index is 13.0. The van der Waals surface area contributed by atoms with Gasteiger partial charge in [0.15, 0.2) is 5.75 Å². The Labute approximate surface area is 200 Å². The van der Waals surface area contributed by atoms with Crippen LogP contribution in [-0.2, 0) is 16.7 Å². The fourth-order valence-corrected chi connectivity index (χ4v) is 4.27. The number of anilines is 3. The van der Waals surface area contributed by atoms with Crippen LogP contribution in [0, 0.1) is 0 Å². The second kappa shape index (κ2) is 10.1. The molecule has 3 rings (SSSR count). The van der Waals surface area contributed by atoms with Crippen LogP contribution in [0.3, 0.4) is 0 Å². The van der Waals surface area contributed by atoms with Gasteiger partial charge in [-0.15, -0.1) is 0 Å². The molecule has 10 nitrogen and oxygen atoms in total. The van der Waals surface area contributed by atoms with Crippen molar-refractivity contribution in [2.75, 3.05) is 30.9 Å². The first-order valence-electron chi connectivity index (χ1n) is 10.7. The molecule has 0 unspecified atom stereocenters. The zero-order valence-corrected chi connectivity index (χ0v) is 20.5. The Kier molecular flexibility index (Phi) is 7.48. The van der Waals surface area contributed by atoms with Crippen molar-refractivity contribution in [3.05, 3.63) is 53.7 Å². The van der Waals surface area contributed by atoms with Crippen LogP contribution in [0.15, 0.2) is 42.6 Å². The van der Waals surface area contributed by atoms with Gasteiger partial charge in [0.1, 0.15) is 11.6 Å². The summed E-state index contributed by atoms with van der Waals surface area (Å²) in [6, 6.07) is 10.2. The van der Waals surface area contributed by atoms with Gasteiger partial charge < -0.3 is 26.1 Å². The topological polar surface area (TPSA) is 160 Å². The van der Waals surface area contributed by atoms with Gasteiger partial charge in [0, 0.05) is 37.0 Å². The predicted molar refractivity (Wildman–Crippen MR) is 134 cm³/mol. The van der Waals surface area contributed by atoms with Crippen molar-refractivity contribution in [2.24, 2.45) is 0 Å². The van der Waals surface area contributed by atoms with E-state index in [9.17, 15) is 8.42 Å². The van der Waals surface area contributed by atoms with E-state index in [1.807, 2.05) is 19.1 Å². The first-order chi connectivity index (χ1) is 16.0. The lowest BCUT2D eigenvalue weighted by Gasteiger charge is -2.23. The molecule has 34 heavy (non-hydrogen) atoms. The fourth-order valence-electron chi connectivity index (χ4n) is 3.28. The second-order valence-electron chi connectivity index (χ2n) is 7.99. The number of ether oxygens (including phenoxy) is 1. The molecule has 2 aromatic carbocycles. The van der Waals surface area contributed by atoms with Crippen molar-refractivity contribution in [1.82, 2.24) is 14.3 Å². The molecular weight excluding hydrogens is 456 g/mol. The van der Waals surface area contributed by atoms with Crippen LogP contribution < -0.4 is 26.1 Å². The zero-order valence-electron chi connectivity index (χ0n) is 19.6. The van der Waals surface area contributed by atoms with Crippen LogP contribution in [0.25, 0.3) is 11.1 Å². The summed E-state index contributed by atoms with van der Waals surface area (Å²) in [5.74, 6) is 0.854. The minimum atomic E-state index is -4.11. The van der Waals surface area contributed by atoms with Crippen LogP contribution in [0.5, 0.6) is 11.5 Å². The summed E-state index contributed by atoms with van der Waals surface area (Å²) in [6.07, 6.45) is 1.84. The Morgan fingerprint density at radius 3 is 2.41 bits per heavy atom. The highest BCUT2D eigenvalue weighted by Crippen LogP contribution is 2.42. The summed E-state index contributed by atoms with van der Waals surface area (Å²) in [5, 5.41) is 0. The van der Waals surface area contributed by atoms with E-state index in [-0.39, 0.29) is 23.6 Å². The molecule has 0 spiro atoms. The van der Waals surface area contributed by atoms with Gasteiger partial charge in [0.05, 0.1) is 12.2 Å². The van der Waals surface area contributed by atoms with Crippen molar-refractivity contribution in [3.63, 3.8) is 0 Å². The molecule has 6 N–H and O–H groups in total. The first-order valence-corrected chi connectivity index (χ1v) is 12.1. The van der Waals surface area contributed by atoms with Crippen LogP contribution in [0.1, 0.15) is 31.9 Å². The summed E-state index contributed by atoms with van der Waals surface area (Å²) in [4.78, 5) is 8.00. The van der Waals surface area contributed by atoms with E-state index in [0.29, 0.717) is 46.7 Å². The molecular formula is C23H30N6O4S. The molecule has 3 aromatic rings. The molecule has 0 saturated carbocycles. The third-order valence-electron chi connectivity index (χ3n) is 5.19. The van der Waals surface area contributed by atoms with Gasteiger partial charge in [-0.25, -0.2) is 4.98 Å². The number of hydrogen-bond donors (Lipinski definition) is 3. The minimum absolute atomic E-state index is 0.0695. The Hall–Kier alpha value is -3.57. The molecule has 182 valence electrons. The molecule has 0 aliphatic heterocycles. The lowest BCUT2D eigenvalue weighted by atomic mass is 9.98. The smallest absolute Gasteiger partial charge is 0.385 e. The molecule has 0 saturated heterocycles. The van der Waals surface area contributed by atoms with Gasteiger partial charge in [0.25, 0.3) is 0 Å². The zero-order chi connectivity index (χ0) is 25.0. The Morgan fingerprint density at radius 2 is 1.79 bits per heavy atom. The van der Waals surface area contributed by atoms with Gasteiger partial charge in [-0.2, -0.15) is 17.7 Å². The quantitative estimate of drug-likeness (QED) is 0.386. The monoisotopic (exact) mass is 486 g/mol. The molecule has 1 heterocycles. The molecule has 0 atom stereocenters. The third-order valence-corrected chi connectivity index (χ3v) is 6.70. The number of hydrogen-bond acceptors (Lipinski definition) is 9. The highest BCUT2D eigenvalue weighted by atomic mass is 32.2. The molecule has 0 fully saturated rings. The van der Waals surface area contributed by atoms with Crippen LogP contribution in [0.4, 0.5) is 17.5 Å². The molecule has 0 aliphatic rings. The molecule has 0 radical (unpaired) electrons. The average molecular weight is 487 g/mol. The molecule has 11 heteroatoms. The lowest BCUT2D eigenvalue weighted by Crippen LogP contribution is -2.36. The van der Waals surface area contributed by atoms with E-state index in [1.165, 1.54) is 13.2 Å². The second-order valence-corrected chi connectivity index (χ2v) is 9.59. The Morgan fingerprint density at radius 1 is 1.09 bits per heavy atom. The van der Waals surface area contributed by atoms with E-state index in [1.54, 1.807) is 38.1 Å². The third kappa shape index (κ3) is 5.67. The minimum Gasteiger partial charge on any atom is -0.493 e. The SMILES string of the molecule is CCOc1cc(Cc2cnc(N)nc2N)cc(OS(=O)(=O)N(C)C(C)C)c1-c1cccc(N)c1. The number of nitrogens with zero attached hydrogens (tertiary/aromatic N) is 3. The number of benzene rings is 2. The Balaban J connectivity index is 2.20. The summed E-state index contributed by atoms with van der Waals surface area (Å²) < 4.78 is 38.7. The van der Waals surface area contributed by atoms with Gasteiger partial charge >= 0.3 is 10.3 Å². The average Bonchev–Trinajstić information content (AvgIpc) is 2.75. The van der Waals surface area contributed by atoms with Gasteiger partial charge in [-0.05, 0) is 56.2 Å². The first kappa shape index (κ1) is 25.1. The van der Waals surface area contributed by atoms with E-state index in [4.69, 9.17) is 26.1 Å². The van der Waals surface area contributed by atoms with E-state index < -0.39 is 10.3 Å². The van der Waals surface area contributed by atoms with E-state index in [2.05, 4.69) is 9.97 Å². The number of nitrogen functional groups attached to an aromatic ring is 3. The summed E-state index contributed by atoms with van der Waals surface area (Å²) in [7, 11) is -2.65. The number of nitrogens with two attached hydrogens (primary N) is 3. The van der Waals surface area contributed by atoms with Crippen LogP contribution >= 0.6 is 0 Å². The van der Waals surface area contributed by atoms with Gasteiger partial charge in [-0.3, -0.25) is 0 Å². The van der Waals surface area contributed by atoms with Crippen molar-refractivity contribution >= 4 is 27.8 Å². The van der Waals surface area contributed by atoms with E-state index in [0.717, 1.165) is 4.31 Å². The van der Waals surface area contributed by atoms with Crippen LogP contribution in [-0.4, -0.2) is 42.4 Å². The maximum Gasteiger partial charge on any atom is 0.385 e. The molecule has 0 amide bonds. The highest BCUT2D eigenvalue weighted by Gasteiger charge is 2.26. The van der Waals surface area contributed by atoms with Crippen LogP contribution in [0.2, 0.25) is 0 Å². The highest BCUT2D eigenvalue weighted by molar-refractivity contribution is 7.84. The standard InChI is InChI=1S/C23H30N6O4S/c1-5-32-19-10-15(9-17-13-27-23(26)28-22(17)25)11-20(33-34(30,31)29(4)14(2)3)21(19)16-7-6-8-18(24)12-16/h6-8,10-14H,5,9,24H2,1-4H3,(H4,25,26,27,28). The van der Waals surface area contributed by atoms with Crippen molar-refractivity contribution in [3.8, 4) is 22.6 Å². The summed E-state index contributed by atoms with van der Waals surface area (Å²) in [5.41, 5.74) is 20.6. The van der Waals surface area contributed by atoms with Crippen molar-refractivity contribution in [2.45, 2.75) is 33.2 Å². The van der Waals surface area contributed by atoms with Gasteiger partial charge in [-0.1, -0.05) is 12.1 Å². The lowest BCUT2D eigenvalue weighted by molar-refractivity contribution is 0.337. The maximum absolute atomic E-state index is 13.0. The largest absolute Gasteiger partial charge is 0.493 e. The summed E-state index contributed by atoms with van der Waals surface area (Å²) in [6.45, 7) is 5.70. The normalized spacial score (nSPS) is 11.7. The molecule has 1 aromatic heterocycles. The Bertz CT molecular complexity index is 1280. The molecule has 0 aliphatic carbocycles. The van der Waals surface area contributed by atoms with Gasteiger partial charge in [0.2, 0.25) is 5.95 Å². The summed E-state index contributed by atoms with van der Waals surface area (Å²) >= 11 is 0.